The van der Waals surface area contributed by atoms with Gasteiger partial charge in [0.1, 0.15) is 0 Å². The average Bonchev–Trinajstić information content (AvgIpc) is 2.25. The number of nitrogens with one attached hydrogen (secondary N) is 3. The van der Waals surface area contributed by atoms with Crippen molar-refractivity contribution in [2.24, 2.45) is 0 Å². The van der Waals surface area contributed by atoms with Crippen LogP contribution in [0.3, 0.4) is 0 Å². The number of carbonyl (C=O) groups is 2. The van der Waals surface area contributed by atoms with Crippen LogP contribution in [0.25, 0.3) is 0 Å². The SMILES string of the molecule is CC(=O)NCCNC(=O)c1ccc(=O)[nH]c1. The van der Waals surface area contributed by atoms with Gasteiger partial charge in [0.2, 0.25) is 11.5 Å². The zero-order valence-corrected chi connectivity index (χ0v) is 8.87. The van der Waals surface area contributed by atoms with Crippen molar-refractivity contribution in [1.29, 1.82) is 0 Å². The largest absolute Gasteiger partial charge is 0.355 e. The zero-order valence-electron chi connectivity index (χ0n) is 8.87. The first-order chi connectivity index (χ1) is 7.59. The number of hydrogen-bond acceptors (Lipinski definition) is 3. The Morgan fingerprint density at radius 1 is 1.25 bits per heavy atom. The smallest absolute Gasteiger partial charge is 0.252 e. The standard InChI is InChI=1S/C10H13N3O3/c1-7(14)11-4-5-12-10(16)8-2-3-9(15)13-6-8/h2-3,6H,4-5H2,1H3,(H,11,14)(H,12,16)(H,13,15). The fourth-order valence-corrected chi connectivity index (χ4v) is 1.07. The first-order valence-corrected chi connectivity index (χ1v) is 4.81. The van der Waals surface area contributed by atoms with Crippen LogP contribution in [0.4, 0.5) is 0 Å². The van der Waals surface area contributed by atoms with Gasteiger partial charge in [-0.25, -0.2) is 0 Å². The molecule has 0 saturated heterocycles. The lowest BCUT2D eigenvalue weighted by Gasteiger charge is -2.04. The molecule has 0 fully saturated rings. The minimum Gasteiger partial charge on any atom is -0.355 e. The highest BCUT2D eigenvalue weighted by molar-refractivity contribution is 5.93. The summed E-state index contributed by atoms with van der Waals surface area (Å²) in [6.07, 6.45) is 1.34. The Morgan fingerprint density at radius 2 is 1.94 bits per heavy atom. The maximum atomic E-state index is 11.5. The number of aromatic nitrogens is 1. The van der Waals surface area contributed by atoms with Crippen LogP contribution < -0.4 is 16.2 Å². The highest BCUT2D eigenvalue weighted by Gasteiger charge is 2.03. The van der Waals surface area contributed by atoms with Gasteiger partial charge < -0.3 is 15.6 Å². The fraction of sp³-hybridized carbons (Fsp3) is 0.300. The van der Waals surface area contributed by atoms with Crippen LogP contribution in [0.15, 0.2) is 23.1 Å². The first kappa shape index (κ1) is 12.0. The number of hydrogen-bond donors (Lipinski definition) is 3. The monoisotopic (exact) mass is 223 g/mol. The fourth-order valence-electron chi connectivity index (χ4n) is 1.07. The second-order valence-electron chi connectivity index (χ2n) is 3.18. The summed E-state index contributed by atoms with van der Waals surface area (Å²) in [5.74, 6) is -0.431. The molecule has 0 aliphatic rings. The second kappa shape index (κ2) is 5.69. The summed E-state index contributed by atoms with van der Waals surface area (Å²) in [7, 11) is 0. The van der Waals surface area contributed by atoms with Crippen molar-refractivity contribution in [2.45, 2.75) is 6.92 Å². The Balaban J connectivity index is 2.38. The molecular formula is C10H13N3O3. The van der Waals surface area contributed by atoms with E-state index in [1.165, 1.54) is 25.3 Å². The van der Waals surface area contributed by atoms with Crippen LogP contribution in [0.2, 0.25) is 0 Å². The van der Waals surface area contributed by atoms with Crippen molar-refractivity contribution in [1.82, 2.24) is 15.6 Å². The molecular weight excluding hydrogens is 210 g/mol. The molecule has 16 heavy (non-hydrogen) atoms. The van der Waals surface area contributed by atoms with E-state index in [1.807, 2.05) is 0 Å². The Labute approximate surface area is 92.1 Å². The highest BCUT2D eigenvalue weighted by Crippen LogP contribution is 1.91. The maximum Gasteiger partial charge on any atom is 0.252 e. The lowest BCUT2D eigenvalue weighted by molar-refractivity contribution is -0.118. The number of carbonyl (C=O) groups excluding carboxylic acids is 2. The summed E-state index contributed by atoms with van der Waals surface area (Å²) < 4.78 is 0. The molecule has 1 aromatic rings. The van der Waals surface area contributed by atoms with Crippen molar-refractivity contribution in [3.63, 3.8) is 0 Å². The molecule has 2 amide bonds. The molecule has 0 spiro atoms. The van der Waals surface area contributed by atoms with Crippen molar-refractivity contribution >= 4 is 11.8 Å². The topological polar surface area (TPSA) is 91.1 Å². The molecule has 1 rings (SSSR count). The Morgan fingerprint density at radius 3 is 2.50 bits per heavy atom. The lowest BCUT2D eigenvalue weighted by Crippen LogP contribution is -2.33. The number of H-pyrrole nitrogens is 1. The van der Waals surface area contributed by atoms with Gasteiger partial charge in [0.05, 0.1) is 5.56 Å². The van der Waals surface area contributed by atoms with E-state index < -0.39 is 0 Å². The van der Waals surface area contributed by atoms with Gasteiger partial charge in [-0.05, 0) is 6.07 Å². The van der Waals surface area contributed by atoms with Crippen molar-refractivity contribution in [3.8, 4) is 0 Å². The number of rotatable bonds is 4. The van der Waals surface area contributed by atoms with Gasteiger partial charge in [0.25, 0.3) is 5.91 Å². The highest BCUT2D eigenvalue weighted by atomic mass is 16.2. The molecule has 0 aliphatic heterocycles. The van der Waals surface area contributed by atoms with Crippen molar-refractivity contribution in [3.05, 3.63) is 34.2 Å². The van der Waals surface area contributed by atoms with Gasteiger partial charge in [-0.3, -0.25) is 14.4 Å². The summed E-state index contributed by atoms with van der Waals surface area (Å²) in [4.78, 5) is 35.1. The van der Waals surface area contributed by atoms with Crippen LogP contribution in [0.1, 0.15) is 17.3 Å². The third-order valence-electron chi connectivity index (χ3n) is 1.83. The molecule has 3 N–H and O–H groups in total. The molecule has 0 atom stereocenters. The molecule has 0 radical (unpaired) electrons. The van der Waals surface area contributed by atoms with Crippen LogP contribution >= 0.6 is 0 Å². The van der Waals surface area contributed by atoms with E-state index in [0.717, 1.165) is 0 Å². The number of amides is 2. The summed E-state index contributed by atoms with van der Waals surface area (Å²) in [5.41, 5.74) is 0.122. The van der Waals surface area contributed by atoms with Crippen LogP contribution in [-0.4, -0.2) is 29.9 Å². The number of aromatic amines is 1. The Bertz CT molecular complexity index is 419. The first-order valence-electron chi connectivity index (χ1n) is 4.81. The quantitative estimate of drug-likeness (QED) is 0.586. The molecule has 86 valence electrons. The summed E-state index contributed by atoms with van der Waals surface area (Å²) >= 11 is 0. The average molecular weight is 223 g/mol. The number of pyridine rings is 1. The Hall–Kier alpha value is -2.11. The Kier molecular flexibility index (Phi) is 4.26. The van der Waals surface area contributed by atoms with Gasteiger partial charge in [-0.2, -0.15) is 0 Å². The van der Waals surface area contributed by atoms with E-state index in [4.69, 9.17) is 0 Å². The van der Waals surface area contributed by atoms with Gasteiger partial charge in [-0.15, -0.1) is 0 Å². The van der Waals surface area contributed by atoms with Gasteiger partial charge >= 0.3 is 0 Å². The van der Waals surface area contributed by atoms with Crippen LogP contribution in [0, 0.1) is 0 Å². The van der Waals surface area contributed by atoms with E-state index in [-0.39, 0.29) is 17.4 Å². The van der Waals surface area contributed by atoms with Crippen molar-refractivity contribution < 1.29 is 9.59 Å². The third-order valence-corrected chi connectivity index (χ3v) is 1.83. The van der Waals surface area contributed by atoms with Gasteiger partial charge in [-0.1, -0.05) is 0 Å². The van der Waals surface area contributed by atoms with E-state index in [9.17, 15) is 14.4 Å². The molecule has 0 aliphatic carbocycles. The predicted octanol–water partition coefficient (Wildman–Crippen LogP) is -0.759. The second-order valence-corrected chi connectivity index (χ2v) is 3.18. The molecule has 1 aromatic heterocycles. The molecule has 0 aromatic carbocycles. The minimum absolute atomic E-state index is 0.140. The van der Waals surface area contributed by atoms with E-state index in [0.29, 0.717) is 18.7 Å². The molecule has 1 heterocycles. The molecule has 0 unspecified atom stereocenters. The van der Waals surface area contributed by atoms with E-state index >= 15 is 0 Å². The summed E-state index contributed by atoms with van der Waals surface area (Å²) in [6, 6.07) is 2.72. The van der Waals surface area contributed by atoms with Crippen molar-refractivity contribution in [2.75, 3.05) is 13.1 Å². The van der Waals surface area contributed by atoms with Gasteiger partial charge in [0, 0.05) is 32.3 Å². The summed E-state index contributed by atoms with van der Waals surface area (Å²) in [6.45, 7) is 2.13. The molecule has 0 saturated carbocycles. The van der Waals surface area contributed by atoms with Crippen LogP contribution in [-0.2, 0) is 4.79 Å². The van der Waals surface area contributed by atoms with E-state index in [2.05, 4.69) is 15.6 Å². The van der Waals surface area contributed by atoms with Crippen LogP contribution in [0.5, 0.6) is 0 Å². The zero-order chi connectivity index (χ0) is 12.0. The minimum atomic E-state index is -0.290. The molecule has 6 nitrogen and oxygen atoms in total. The molecule has 6 heteroatoms. The normalized spacial score (nSPS) is 9.56. The molecule has 0 bridgehead atoms. The maximum absolute atomic E-state index is 11.5. The predicted molar refractivity (Wildman–Crippen MR) is 58.1 cm³/mol. The van der Waals surface area contributed by atoms with E-state index in [1.54, 1.807) is 0 Å². The lowest BCUT2D eigenvalue weighted by atomic mass is 10.3. The van der Waals surface area contributed by atoms with Gasteiger partial charge in [0.15, 0.2) is 0 Å². The summed E-state index contributed by atoms with van der Waals surface area (Å²) in [5, 5.41) is 5.15. The third kappa shape index (κ3) is 3.95.